The van der Waals surface area contributed by atoms with Gasteiger partial charge in [-0.1, -0.05) is 0 Å². The molecule has 108 valence electrons. The SMILES string of the molecule is CC(C)Oc1ccc(-n2c(N)nc3cc(I)ccc32)cc1. The van der Waals surface area contributed by atoms with Crippen LogP contribution in [0.15, 0.2) is 42.5 Å². The fraction of sp³-hybridized carbons (Fsp3) is 0.188. The lowest BCUT2D eigenvalue weighted by Gasteiger charge is -2.11. The lowest BCUT2D eigenvalue weighted by Crippen LogP contribution is -2.05. The second-order valence-electron chi connectivity index (χ2n) is 5.10. The molecule has 21 heavy (non-hydrogen) atoms. The first-order valence-electron chi connectivity index (χ1n) is 6.75. The van der Waals surface area contributed by atoms with Gasteiger partial charge in [-0.15, -0.1) is 0 Å². The van der Waals surface area contributed by atoms with Gasteiger partial charge in [-0.05, 0) is 78.9 Å². The van der Waals surface area contributed by atoms with Crippen molar-refractivity contribution in [3.63, 3.8) is 0 Å². The third-order valence-corrected chi connectivity index (χ3v) is 3.78. The number of nitrogens with two attached hydrogens (primary N) is 1. The van der Waals surface area contributed by atoms with Gasteiger partial charge in [0.15, 0.2) is 0 Å². The molecule has 2 aromatic carbocycles. The summed E-state index contributed by atoms with van der Waals surface area (Å²) in [6, 6.07) is 14.0. The van der Waals surface area contributed by atoms with Crippen LogP contribution in [0.25, 0.3) is 16.7 Å². The molecule has 0 saturated heterocycles. The summed E-state index contributed by atoms with van der Waals surface area (Å²) in [5.41, 5.74) is 8.96. The number of ether oxygens (including phenoxy) is 1. The van der Waals surface area contributed by atoms with Gasteiger partial charge in [-0.2, -0.15) is 0 Å². The minimum absolute atomic E-state index is 0.164. The zero-order chi connectivity index (χ0) is 15.0. The van der Waals surface area contributed by atoms with Crippen LogP contribution < -0.4 is 10.5 Å². The van der Waals surface area contributed by atoms with E-state index in [0.29, 0.717) is 5.95 Å². The zero-order valence-electron chi connectivity index (χ0n) is 11.9. The van der Waals surface area contributed by atoms with Crippen molar-refractivity contribution in [2.75, 3.05) is 5.73 Å². The smallest absolute Gasteiger partial charge is 0.205 e. The van der Waals surface area contributed by atoms with Gasteiger partial charge in [0, 0.05) is 9.26 Å². The highest BCUT2D eigenvalue weighted by molar-refractivity contribution is 14.1. The van der Waals surface area contributed by atoms with Crippen LogP contribution in [0.3, 0.4) is 0 Å². The molecule has 0 aliphatic carbocycles. The maximum Gasteiger partial charge on any atom is 0.205 e. The van der Waals surface area contributed by atoms with Gasteiger partial charge in [-0.3, -0.25) is 4.57 Å². The van der Waals surface area contributed by atoms with Gasteiger partial charge >= 0.3 is 0 Å². The maximum atomic E-state index is 6.07. The Morgan fingerprint density at radius 3 is 2.52 bits per heavy atom. The summed E-state index contributed by atoms with van der Waals surface area (Å²) in [6.07, 6.45) is 0.164. The van der Waals surface area contributed by atoms with E-state index in [4.69, 9.17) is 10.5 Å². The van der Waals surface area contributed by atoms with Crippen LogP contribution in [0, 0.1) is 3.57 Å². The van der Waals surface area contributed by atoms with Crippen molar-refractivity contribution in [3.05, 3.63) is 46.0 Å². The number of fused-ring (bicyclic) bond motifs is 1. The fourth-order valence-electron chi connectivity index (χ4n) is 2.29. The van der Waals surface area contributed by atoms with Gasteiger partial charge in [-0.25, -0.2) is 4.98 Å². The van der Waals surface area contributed by atoms with Crippen LogP contribution in [0.4, 0.5) is 5.95 Å². The van der Waals surface area contributed by atoms with Crippen molar-refractivity contribution in [1.82, 2.24) is 9.55 Å². The van der Waals surface area contributed by atoms with E-state index in [0.717, 1.165) is 26.0 Å². The van der Waals surface area contributed by atoms with Crippen molar-refractivity contribution in [1.29, 1.82) is 0 Å². The molecule has 3 aromatic rings. The second kappa shape index (κ2) is 5.55. The molecule has 0 fully saturated rings. The minimum atomic E-state index is 0.164. The molecule has 0 saturated carbocycles. The van der Waals surface area contributed by atoms with Gasteiger partial charge in [0.25, 0.3) is 0 Å². The first-order valence-corrected chi connectivity index (χ1v) is 7.83. The summed E-state index contributed by atoms with van der Waals surface area (Å²) >= 11 is 2.27. The maximum absolute atomic E-state index is 6.07. The Labute approximate surface area is 137 Å². The Hall–Kier alpha value is -1.76. The molecule has 0 spiro atoms. The number of rotatable bonds is 3. The van der Waals surface area contributed by atoms with E-state index in [9.17, 15) is 0 Å². The minimum Gasteiger partial charge on any atom is -0.491 e. The Balaban J connectivity index is 2.05. The van der Waals surface area contributed by atoms with E-state index < -0.39 is 0 Å². The molecule has 0 bridgehead atoms. The van der Waals surface area contributed by atoms with Crippen molar-refractivity contribution in [2.45, 2.75) is 20.0 Å². The largest absolute Gasteiger partial charge is 0.491 e. The van der Waals surface area contributed by atoms with Crippen molar-refractivity contribution >= 4 is 39.6 Å². The Kier molecular flexibility index (Phi) is 3.75. The number of benzene rings is 2. The molecule has 3 rings (SSSR count). The number of imidazole rings is 1. The normalized spacial score (nSPS) is 11.2. The first kappa shape index (κ1) is 14.2. The third-order valence-electron chi connectivity index (χ3n) is 3.11. The van der Waals surface area contributed by atoms with E-state index in [1.54, 1.807) is 0 Å². The van der Waals surface area contributed by atoms with E-state index in [1.165, 1.54) is 0 Å². The number of nitrogens with zero attached hydrogens (tertiary/aromatic N) is 2. The molecule has 0 aliphatic rings. The molecule has 0 unspecified atom stereocenters. The van der Waals surface area contributed by atoms with Crippen LogP contribution in [-0.2, 0) is 0 Å². The summed E-state index contributed by atoms with van der Waals surface area (Å²) in [7, 11) is 0. The lowest BCUT2D eigenvalue weighted by atomic mass is 10.2. The van der Waals surface area contributed by atoms with Crippen molar-refractivity contribution in [2.24, 2.45) is 0 Å². The summed E-state index contributed by atoms with van der Waals surface area (Å²) < 4.78 is 8.76. The molecule has 5 heteroatoms. The van der Waals surface area contributed by atoms with Crippen LogP contribution >= 0.6 is 22.6 Å². The average molecular weight is 393 g/mol. The molecular formula is C16H16IN3O. The Bertz CT molecular complexity index is 778. The summed E-state index contributed by atoms with van der Waals surface area (Å²) in [5.74, 6) is 1.34. The molecule has 1 aromatic heterocycles. The number of nitrogen functional groups attached to an aromatic ring is 1. The zero-order valence-corrected chi connectivity index (χ0v) is 14.0. The van der Waals surface area contributed by atoms with E-state index in [1.807, 2.05) is 54.8 Å². The molecule has 4 nitrogen and oxygen atoms in total. The highest BCUT2D eigenvalue weighted by Gasteiger charge is 2.10. The van der Waals surface area contributed by atoms with E-state index in [2.05, 4.69) is 33.6 Å². The molecular weight excluding hydrogens is 377 g/mol. The van der Waals surface area contributed by atoms with E-state index >= 15 is 0 Å². The van der Waals surface area contributed by atoms with Gasteiger partial charge < -0.3 is 10.5 Å². The van der Waals surface area contributed by atoms with Gasteiger partial charge in [0.05, 0.1) is 17.1 Å². The van der Waals surface area contributed by atoms with Gasteiger partial charge in [0.1, 0.15) is 5.75 Å². The number of halogens is 1. The predicted octanol–water partition coefficient (Wildman–Crippen LogP) is 4.00. The fourth-order valence-corrected chi connectivity index (χ4v) is 2.76. The standard InChI is InChI=1S/C16H16IN3O/c1-10(2)21-13-6-4-12(5-7-13)20-15-8-3-11(17)9-14(15)19-16(20)18/h3-10H,1-2H3,(H2,18,19). The first-order chi connectivity index (χ1) is 10.0. The Morgan fingerprint density at radius 1 is 1.14 bits per heavy atom. The van der Waals surface area contributed by atoms with Crippen LogP contribution in [-0.4, -0.2) is 15.7 Å². The summed E-state index contributed by atoms with van der Waals surface area (Å²) in [5, 5.41) is 0. The van der Waals surface area contributed by atoms with E-state index in [-0.39, 0.29) is 6.10 Å². The molecule has 0 aliphatic heterocycles. The molecule has 0 radical (unpaired) electrons. The predicted molar refractivity (Wildman–Crippen MR) is 94.0 cm³/mol. The van der Waals surface area contributed by atoms with Crippen molar-refractivity contribution in [3.8, 4) is 11.4 Å². The third kappa shape index (κ3) is 2.83. The van der Waals surface area contributed by atoms with Crippen LogP contribution in [0.1, 0.15) is 13.8 Å². The number of hydrogen-bond donors (Lipinski definition) is 1. The highest BCUT2D eigenvalue weighted by Crippen LogP contribution is 2.25. The van der Waals surface area contributed by atoms with Crippen molar-refractivity contribution < 1.29 is 4.74 Å². The topological polar surface area (TPSA) is 53.1 Å². The number of aromatic nitrogens is 2. The quantitative estimate of drug-likeness (QED) is 0.685. The van der Waals surface area contributed by atoms with Crippen LogP contribution in [0.2, 0.25) is 0 Å². The summed E-state index contributed by atoms with van der Waals surface area (Å²) in [4.78, 5) is 4.43. The molecule has 2 N–H and O–H groups in total. The second-order valence-corrected chi connectivity index (χ2v) is 6.34. The molecule has 1 heterocycles. The highest BCUT2D eigenvalue weighted by atomic mass is 127. The summed E-state index contributed by atoms with van der Waals surface area (Å²) in [6.45, 7) is 4.02. The Morgan fingerprint density at radius 2 is 1.86 bits per heavy atom. The monoisotopic (exact) mass is 393 g/mol. The number of hydrogen-bond acceptors (Lipinski definition) is 3. The molecule has 0 amide bonds. The average Bonchev–Trinajstić information content (AvgIpc) is 2.74. The van der Waals surface area contributed by atoms with Crippen LogP contribution in [0.5, 0.6) is 5.75 Å². The molecule has 0 atom stereocenters. The number of anilines is 1. The van der Waals surface area contributed by atoms with Gasteiger partial charge in [0.2, 0.25) is 5.95 Å². The lowest BCUT2D eigenvalue weighted by molar-refractivity contribution is 0.242.